The van der Waals surface area contributed by atoms with Crippen molar-refractivity contribution in [2.45, 2.75) is 12.8 Å². The predicted molar refractivity (Wildman–Crippen MR) is 107 cm³/mol. The van der Waals surface area contributed by atoms with E-state index < -0.39 is 0 Å². The van der Waals surface area contributed by atoms with Gasteiger partial charge in [-0.1, -0.05) is 66.7 Å². The zero-order valence-electron chi connectivity index (χ0n) is 14.6. The van der Waals surface area contributed by atoms with Crippen LogP contribution in [0.25, 0.3) is 21.9 Å². The maximum Gasteiger partial charge on any atom is 0.134 e. The Hall–Kier alpha value is -3.26. The van der Waals surface area contributed by atoms with Crippen molar-refractivity contribution in [3.05, 3.63) is 108 Å². The van der Waals surface area contributed by atoms with E-state index in [9.17, 15) is 0 Å². The van der Waals surface area contributed by atoms with E-state index in [1.807, 2.05) is 18.2 Å². The number of hydrogen-bond donors (Lipinski definition) is 1. The van der Waals surface area contributed by atoms with Crippen LogP contribution < -0.4 is 0 Å². The molecule has 0 aliphatic heterocycles. The minimum atomic E-state index is 0.0380. The Labute approximate surface area is 152 Å². The normalized spacial score (nSPS) is 12.7. The van der Waals surface area contributed by atoms with Gasteiger partial charge in [0, 0.05) is 22.0 Å². The Balaban J connectivity index is 1.77. The third-order valence-electron chi connectivity index (χ3n) is 5.16. The molecule has 0 radical (unpaired) electrons. The lowest BCUT2D eigenvalue weighted by Gasteiger charge is -2.15. The van der Waals surface area contributed by atoms with Crippen molar-refractivity contribution in [3.8, 4) is 0 Å². The van der Waals surface area contributed by atoms with Crippen molar-refractivity contribution in [1.29, 1.82) is 0 Å². The van der Waals surface area contributed by atoms with Crippen LogP contribution in [0.4, 0.5) is 0 Å². The first-order chi connectivity index (χ1) is 12.8. The molecule has 0 amide bonds. The zero-order chi connectivity index (χ0) is 17.5. The molecule has 2 aromatic heterocycles. The third-order valence-corrected chi connectivity index (χ3v) is 5.16. The first-order valence-electron chi connectivity index (χ1n) is 8.92. The summed E-state index contributed by atoms with van der Waals surface area (Å²) in [5, 5.41) is 2.40. The minimum absolute atomic E-state index is 0.0380. The number of hydrogen-bond acceptors (Lipinski definition) is 1. The molecule has 1 unspecified atom stereocenters. The molecule has 0 saturated heterocycles. The topological polar surface area (TPSA) is 28.9 Å². The van der Waals surface area contributed by atoms with Crippen LogP contribution in [0.1, 0.15) is 28.5 Å². The number of nitrogens with one attached hydrogen (secondary N) is 1. The van der Waals surface area contributed by atoms with Crippen molar-refractivity contribution in [2.24, 2.45) is 0 Å². The van der Waals surface area contributed by atoms with Gasteiger partial charge in [0.2, 0.25) is 0 Å². The fourth-order valence-electron chi connectivity index (χ4n) is 3.86. The summed E-state index contributed by atoms with van der Waals surface area (Å²) in [6, 6.07) is 29.4. The van der Waals surface area contributed by atoms with Gasteiger partial charge >= 0.3 is 0 Å². The van der Waals surface area contributed by atoms with Crippen molar-refractivity contribution in [2.75, 3.05) is 0 Å². The molecule has 2 heterocycles. The monoisotopic (exact) mass is 337 g/mol. The van der Waals surface area contributed by atoms with E-state index in [0.29, 0.717) is 0 Å². The average Bonchev–Trinajstić information content (AvgIpc) is 3.25. The summed E-state index contributed by atoms with van der Waals surface area (Å²) < 4.78 is 6.27. The van der Waals surface area contributed by atoms with Gasteiger partial charge in [0.05, 0.1) is 5.92 Å². The summed E-state index contributed by atoms with van der Waals surface area (Å²) in [7, 11) is 0. The number of H-pyrrole nitrogens is 1. The SMILES string of the molecule is Cc1c(C(c2ccccc2)c2cc3ccccc3o2)[nH]c2ccccc12. The van der Waals surface area contributed by atoms with Gasteiger partial charge in [-0.05, 0) is 36.2 Å². The quantitative estimate of drug-likeness (QED) is 0.405. The first-order valence-corrected chi connectivity index (χ1v) is 8.92. The fraction of sp³-hybridized carbons (Fsp3) is 0.0833. The molecule has 2 nitrogen and oxygen atoms in total. The van der Waals surface area contributed by atoms with E-state index in [2.05, 4.69) is 78.6 Å². The number of aromatic amines is 1. The highest BCUT2D eigenvalue weighted by atomic mass is 16.3. The molecule has 0 spiro atoms. The van der Waals surface area contributed by atoms with E-state index in [0.717, 1.165) is 22.2 Å². The summed E-state index contributed by atoms with van der Waals surface area (Å²) in [4.78, 5) is 3.65. The number of fused-ring (bicyclic) bond motifs is 2. The van der Waals surface area contributed by atoms with Crippen LogP contribution in [0.15, 0.2) is 89.3 Å². The Morgan fingerprint density at radius 1 is 0.808 bits per heavy atom. The lowest BCUT2D eigenvalue weighted by molar-refractivity contribution is 0.538. The standard InChI is InChI=1S/C24H19NO/c1-16-19-12-6-7-13-20(19)25-24(16)23(17-9-3-2-4-10-17)22-15-18-11-5-8-14-21(18)26-22/h2-15,23,25H,1H3. The molecule has 2 heteroatoms. The van der Waals surface area contributed by atoms with Crippen LogP contribution in [0.3, 0.4) is 0 Å². The number of benzene rings is 3. The molecule has 5 aromatic rings. The number of aryl methyl sites for hydroxylation is 1. The minimum Gasteiger partial charge on any atom is -0.460 e. The molecule has 1 atom stereocenters. The maximum atomic E-state index is 6.27. The fourth-order valence-corrected chi connectivity index (χ4v) is 3.86. The summed E-state index contributed by atoms with van der Waals surface area (Å²) in [5.41, 5.74) is 5.78. The second-order valence-electron chi connectivity index (χ2n) is 6.74. The van der Waals surface area contributed by atoms with E-state index in [1.165, 1.54) is 22.2 Å². The van der Waals surface area contributed by atoms with Crippen LogP contribution >= 0.6 is 0 Å². The molecule has 26 heavy (non-hydrogen) atoms. The Morgan fingerprint density at radius 2 is 1.54 bits per heavy atom. The van der Waals surface area contributed by atoms with Gasteiger partial charge in [-0.15, -0.1) is 0 Å². The number of para-hydroxylation sites is 2. The Morgan fingerprint density at radius 3 is 2.35 bits per heavy atom. The van der Waals surface area contributed by atoms with Crippen molar-refractivity contribution >= 4 is 21.9 Å². The summed E-state index contributed by atoms with van der Waals surface area (Å²) in [6.45, 7) is 2.19. The molecular formula is C24H19NO. The molecule has 0 bridgehead atoms. The second kappa shape index (κ2) is 5.92. The Bertz CT molecular complexity index is 1160. The van der Waals surface area contributed by atoms with Gasteiger partial charge in [0.25, 0.3) is 0 Å². The summed E-state index contributed by atoms with van der Waals surface area (Å²) in [6.07, 6.45) is 0. The van der Waals surface area contributed by atoms with Crippen LogP contribution in [0.2, 0.25) is 0 Å². The lowest BCUT2D eigenvalue weighted by Crippen LogP contribution is -2.04. The van der Waals surface area contributed by atoms with Crippen molar-refractivity contribution in [1.82, 2.24) is 4.98 Å². The zero-order valence-corrected chi connectivity index (χ0v) is 14.6. The van der Waals surface area contributed by atoms with Gasteiger partial charge in [-0.25, -0.2) is 0 Å². The second-order valence-corrected chi connectivity index (χ2v) is 6.74. The highest BCUT2D eigenvalue weighted by Gasteiger charge is 2.24. The lowest BCUT2D eigenvalue weighted by atomic mass is 9.91. The van der Waals surface area contributed by atoms with E-state index in [4.69, 9.17) is 4.42 Å². The van der Waals surface area contributed by atoms with E-state index in [-0.39, 0.29) is 5.92 Å². The molecule has 0 fully saturated rings. The van der Waals surface area contributed by atoms with Crippen LogP contribution in [-0.4, -0.2) is 4.98 Å². The van der Waals surface area contributed by atoms with Gasteiger partial charge in [0.1, 0.15) is 11.3 Å². The van der Waals surface area contributed by atoms with Crippen LogP contribution in [0, 0.1) is 6.92 Å². The third kappa shape index (κ3) is 2.34. The molecule has 3 aromatic carbocycles. The van der Waals surface area contributed by atoms with E-state index >= 15 is 0 Å². The van der Waals surface area contributed by atoms with E-state index in [1.54, 1.807) is 0 Å². The largest absolute Gasteiger partial charge is 0.460 e. The highest BCUT2D eigenvalue weighted by molar-refractivity contribution is 5.85. The summed E-state index contributed by atoms with van der Waals surface area (Å²) >= 11 is 0. The van der Waals surface area contributed by atoms with Gasteiger partial charge in [0.15, 0.2) is 0 Å². The average molecular weight is 337 g/mol. The smallest absolute Gasteiger partial charge is 0.134 e. The van der Waals surface area contributed by atoms with Gasteiger partial charge < -0.3 is 9.40 Å². The summed E-state index contributed by atoms with van der Waals surface area (Å²) in [5.74, 6) is 1.00. The van der Waals surface area contributed by atoms with Crippen molar-refractivity contribution in [3.63, 3.8) is 0 Å². The van der Waals surface area contributed by atoms with Crippen LogP contribution in [0.5, 0.6) is 0 Å². The highest BCUT2D eigenvalue weighted by Crippen LogP contribution is 2.38. The molecule has 126 valence electrons. The predicted octanol–water partition coefficient (Wildman–Crippen LogP) is 6.40. The van der Waals surface area contributed by atoms with Gasteiger partial charge in [-0.3, -0.25) is 0 Å². The van der Waals surface area contributed by atoms with Crippen LogP contribution in [-0.2, 0) is 0 Å². The van der Waals surface area contributed by atoms with Crippen molar-refractivity contribution < 1.29 is 4.42 Å². The molecule has 0 aliphatic rings. The Kier molecular flexibility index (Phi) is 3.42. The van der Waals surface area contributed by atoms with Gasteiger partial charge in [-0.2, -0.15) is 0 Å². The molecule has 1 N–H and O–H groups in total. The first kappa shape index (κ1) is 15.0. The molecule has 0 saturated carbocycles. The molecule has 5 rings (SSSR count). The maximum absolute atomic E-state index is 6.27. The molecule has 0 aliphatic carbocycles. The number of aromatic nitrogens is 1. The molecular weight excluding hydrogens is 318 g/mol. The number of furan rings is 1. The number of rotatable bonds is 3.